The van der Waals surface area contributed by atoms with Crippen LogP contribution in [-0.4, -0.2) is 29.7 Å². The van der Waals surface area contributed by atoms with Crippen molar-refractivity contribution in [3.63, 3.8) is 0 Å². The maximum atomic E-state index is 6.46. The minimum atomic E-state index is 0.299. The van der Waals surface area contributed by atoms with Crippen LogP contribution in [0.15, 0.2) is 30.6 Å². The van der Waals surface area contributed by atoms with Crippen LogP contribution in [0.4, 0.5) is 11.5 Å². The van der Waals surface area contributed by atoms with Gasteiger partial charge in [-0.1, -0.05) is 32.9 Å². The maximum absolute atomic E-state index is 6.46. The highest BCUT2D eigenvalue weighted by Gasteiger charge is 2.50. The molecule has 2 unspecified atom stereocenters. The molecule has 1 aromatic carbocycles. The van der Waals surface area contributed by atoms with Crippen molar-refractivity contribution < 1.29 is 9.47 Å². The number of para-hydroxylation sites is 2. The largest absolute Gasteiger partial charge is 0.493 e. The van der Waals surface area contributed by atoms with E-state index < -0.39 is 0 Å². The molecular weight excluding hydrogens is 340 g/mol. The first-order valence-electron chi connectivity index (χ1n) is 9.48. The molecule has 1 saturated carbocycles. The van der Waals surface area contributed by atoms with E-state index in [0.29, 0.717) is 39.9 Å². The third kappa shape index (κ3) is 3.29. The zero-order chi connectivity index (χ0) is 19.2. The molecule has 0 spiro atoms. The second-order valence-electron chi connectivity index (χ2n) is 9.01. The molecular formula is C21H28N4O2. The number of nitrogens with zero attached hydrogens (tertiary/aromatic N) is 3. The number of anilines is 2. The first kappa shape index (κ1) is 17.9. The standard InChI is InChI=1S/C21H28N4O2/c1-20(2)9-14-10-21(3,11-20)12-25(14)18-17(22)19(24-13-23-18)27-16-8-6-5-7-15(16)26-4/h5-8,13-14H,9-12,22H2,1-4H3. The molecule has 144 valence electrons. The van der Waals surface area contributed by atoms with Crippen LogP contribution in [-0.2, 0) is 0 Å². The molecule has 6 nitrogen and oxygen atoms in total. The number of hydrogen-bond donors (Lipinski definition) is 1. The Morgan fingerprint density at radius 1 is 1.11 bits per heavy atom. The Labute approximate surface area is 160 Å². The van der Waals surface area contributed by atoms with Crippen LogP contribution in [0.5, 0.6) is 17.4 Å². The van der Waals surface area contributed by atoms with Gasteiger partial charge in [-0.3, -0.25) is 0 Å². The van der Waals surface area contributed by atoms with Gasteiger partial charge in [-0.15, -0.1) is 0 Å². The second kappa shape index (κ2) is 6.29. The minimum absolute atomic E-state index is 0.299. The van der Waals surface area contributed by atoms with Gasteiger partial charge in [0.05, 0.1) is 7.11 Å². The van der Waals surface area contributed by atoms with Gasteiger partial charge in [-0.05, 0) is 42.2 Å². The summed E-state index contributed by atoms with van der Waals surface area (Å²) in [5, 5.41) is 0. The summed E-state index contributed by atoms with van der Waals surface area (Å²) in [6.45, 7) is 8.07. The van der Waals surface area contributed by atoms with E-state index in [9.17, 15) is 0 Å². The van der Waals surface area contributed by atoms with Crippen molar-refractivity contribution in [3.05, 3.63) is 30.6 Å². The molecule has 0 amide bonds. The molecule has 1 aromatic heterocycles. The van der Waals surface area contributed by atoms with Crippen LogP contribution in [0.2, 0.25) is 0 Å². The maximum Gasteiger partial charge on any atom is 0.248 e. The second-order valence-corrected chi connectivity index (χ2v) is 9.01. The first-order valence-corrected chi connectivity index (χ1v) is 9.48. The summed E-state index contributed by atoms with van der Waals surface area (Å²) >= 11 is 0. The summed E-state index contributed by atoms with van der Waals surface area (Å²) in [6, 6.07) is 7.93. The Balaban J connectivity index is 1.65. The Hall–Kier alpha value is -2.50. The fourth-order valence-corrected chi connectivity index (χ4v) is 5.20. The molecule has 6 heteroatoms. The summed E-state index contributed by atoms with van der Waals surface area (Å²) in [7, 11) is 1.61. The van der Waals surface area contributed by atoms with E-state index in [1.807, 2.05) is 24.3 Å². The number of rotatable bonds is 4. The van der Waals surface area contributed by atoms with Gasteiger partial charge in [0.1, 0.15) is 12.0 Å². The SMILES string of the molecule is COc1ccccc1Oc1ncnc(N2CC3(C)CC2CC(C)(C)C3)c1N. The van der Waals surface area contributed by atoms with Crippen LogP contribution >= 0.6 is 0 Å². The normalized spacial score (nSPS) is 26.1. The Morgan fingerprint density at radius 3 is 2.59 bits per heavy atom. The van der Waals surface area contributed by atoms with Crippen molar-refractivity contribution in [1.82, 2.24) is 9.97 Å². The van der Waals surface area contributed by atoms with Crippen molar-refractivity contribution in [2.45, 2.75) is 46.1 Å². The molecule has 27 heavy (non-hydrogen) atoms. The fourth-order valence-electron chi connectivity index (χ4n) is 5.20. The van der Waals surface area contributed by atoms with E-state index in [0.717, 1.165) is 18.8 Å². The highest BCUT2D eigenvalue weighted by molar-refractivity contribution is 5.69. The summed E-state index contributed by atoms with van der Waals surface area (Å²) < 4.78 is 11.3. The Morgan fingerprint density at radius 2 is 1.85 bits per heavy atom. The number of nitrogen functional groups attached to an aromatic ring is 1. The molecule has 2 bridgehead atoms. The van der Waals surface area contributed by atoms with E-state index in [4.69, 9.17) is 15.2 Å². The van der Waals surface area contributed by atoms with Crippen LogP contribution in [0.3, 0.4) is 0 Å². The zero-order valence-electron chi connectivity index (χ0n) is 16.5. The summed E-state index contributed by atoms with van der Waals surface area (Å²) in [5.41, 5.74) is 7.58. The van der Waals surface area contributed by atoms with Gasteiger partial charge >= 0.3 is 0 Å². The quantitative estimate of drug-likeness (QED) is 0.869. The van der Waals surface area contributed by atoms with E-state index in [2.05, 4.69) is 35.6 Å². The Bertz CT molecular complexity index is 854. The molecule has 2 atom stereocenters. The van der Waals surface area contributed by atoms with Gasteiger partial charge in [0.2, 0.25) is 5.88 Å². The van der Waals surface area contributed by atoms with Crippen molar-refractivity contribution in [2.24, 2.45) is 10.8 Å². The van der Waals surface area contributed by atoms with E-state index in [1.165, 1.54) is 19.2 Å². The highest BCUT2D eigenvalue weighted by atomic mass is 16.5. The first-order chi connectivity index (χ1) is 12.8. The van der Waals surface area contributed by atoms with Crippen molar-refractivity contribution in [1.29, 1.82) is 0 Å². The van der Waals surface area contributed by atoms with Crippen LogP contribution in [0.1, 0.15) is 40.0 Å². The van der Waals surface area contributed by atoms with Gasteiger partial charge in [0, 0.05) is 12.6 Å². The highest BCUT2D eigenvalue weighted by Crippen LogP contribution is 2.54. The summed E-state index contributed by atoms with van der Waals surface area (Å²) in [5.74, 6) is 2.38. The van der Waals surface area contributed by atoms with Crippen LogP contribution in [0.25, 0.3) is 0 Å². The number of hydrogen-bond acceptors (Lipinski definition) is 6. The smallest absolute Gasteiger partial charge is 0.248 e. The minimum Gasteiger partial charge on any atom is -0.493 e. The van der Waals surface area contributed by atoms with Crippen LogP contribution in [0, 0.1) is 10.8 Å². The molecule has 2 N–H and O–H groups in total. The van der Waals surface area contributed by atoms with Crippen molar-refractivity contribution >= 4 is 11.5 Å². The van der Waals surface area contributed by atoms with Gasteiger partial charge in [-0.25, -0.2) is 4.98 Å². The molecule has 2 fully saturated rings. The summed E-state index contributed by atoms with van der Waals surface area (Å²) in [6.07, 6.45) is 5.09. The van der Waals surface area contributed by atoms with E-state index in [-0.39, 0.29) is 0 Å². The molecule has 1 aliphatic heterocycles. The third-order valence-electron chi connectivity index (χ3n) is 5.79. The van der Waals surface area contributed by atoms with Crippen LogP contribution < -0.4 is 20.1 Å². The van der Waals surface area contributed by atoms with E-state index in [1.54, 1.807) is 7.11 Å². The van der Waals surface area contributed by atoms with Gasteiger partial charge in [-0.2, -0.15) is 4.98 Å². The number of fused-ring (bicyclic) bond motifs is 2. The molecule has 1 saturated heterocycles. The van der Waals surface area contributed by atoms with Gasteiger partial charge < -0.3 is 20.1 Å². The molecule has 2 heterocycles. The summed E-state index contributed by atoms with van der Waals surface area (Å²) in [4.78, 5) is 11.2. The number of ether oxygens (including phenoxy) is 2. The predicted molar refractivity (Wildman–Crippen MR) is 106 cm³/mol. The lowest BCUT2D eigenvalue weighted by atomic mass is 9.65. The number of nitrogens with two attached hydrogens (primary N) is 1. The molecule has 0 radical (unpaired) electrons. The average Bonchev–Trinajstić information content (AvgIpc) is 2.86. The Kier molecular flexibility index (Phi) is 4.17. The number of benzene rings is 1. The van der Waals surface area contributed by atoms with E-state index >= 15 is 0 Å². The fraction of sp³-hybridized carbons (Fsp3) is 0.524. The molecule has 4 rings (SSSR count). The van der Waals surface area contributed by atoms with Crippen molar-refractivity contribution in [2.75, 3.05) is 24.3 Å². The van der Waals surface area contributed by atoms with Gasteiger partial charge in [0.25, 0.3) is 0 Å². The predicted octanol–water partition coefficient (Wildman–Crippen LogP) is 4.26. The lowest BCUT2D eigenvalue weighted by Gasteiger charge is -2.39. The molecule has 1 aliphatic carbocycles. The van der Waals surface area contributed by atoms with Crippen molar-refractivity contribution in [3.8, 4) is 17.4 Å². The average molecular weight is 368 g/mol. The monoisotopic (exact) mass is 368 g/mol. The van der Waals surface area contributed by atoms with Gasteiger partial charge in [0.15, 0.2) is 17.3 Å². The lowest BCUT2D eigenvalue weighted by molar-refractivity contribution is 0.136. The lowest BCUT2D eigenvalue weighted by Crippen LogP contribution is -2.35. The topological polar surface area (TPSA) is 73.5 Å². The number of methoxy groups -OCH3 is 1. The molecule has 2 aromatic rings. The third-order valence-corrected chi connectivity index (χ3v) is 5.79. The number of aromatic nitrogens is 2. The zero-order valence-corrected chi connectivity index (χ0v) is 16.5. The molecule has 2 aliphatic rings.